The third-order valence-electron chi connectivity index (χ3n) is 5.03. The number of aromatic hydroxyl groups is 1. The maximum atomic E-state index is 12.9. The van der Waals surface area contributed by atoms with Crippen LogP contribution in [0.5, 0.6) is 17.2 Å². The normalized spacial score (nSPS) is 11.2. The summed E-state index contributed by atoms with van der Waals surface area (Å²) in [5.74, 6) is 0.197. The van der Waals surface area contributed by atoms with Gasteiger partial charge in [-0.25, -0.2) is 8.42 Å². The second-order valence-corrected chi connectivity index (χ2v) is 8.99. The first kappa shape index (κ1) is 23.0. The molecule has 10 heteroatoms. The van der Waals surface area contributed by atoms with E-state index in [2.05, 4.69) is 15.0 Å². The highest BCUT2D eigenvalue weighted by atomic mass is 32.2. The van der Waals surface area contributed by atoms with Gasteiger partial charge in [-0.05, 0) is 55.5 Å². The van der Waals surface area contributed by atoms with Gasteiger partial charge in [0.2, 0.25) is 0 Å². The number of carbonyl (C=O) groups is 1. The number of carbonyl (C=O) groups excluding carboxylic acids is 1. The first-order valence-corrected chi connectivity index (χ1v) is 11.8. The lowest BCUT2D eigenvalue weighted by Gasteiger charge is -2.13. The van der Waals surface area contributed by atoms with Crippen LogP contribution in [-0.4, -0.2) is 38.1 Å². The Morgan fingerprint density at radius 1 is 1.03 bits per heavy atom. The van der Waals surface area contributed by atoms with Crippen molar-refractivity contribution in [2.24, 2.45) is 0 Å². The number of ether oxygens (including phenoxy) is 2. The molecule has 0 saturated carbocycles. The predicted octanol–water partition coefficient (Wildman–Crippen LogP) is 4.33. The van der Waals surface area contributed by atoms with Gasteiger partial charge < -0.3 is 24.9 Å². The van der Waals surface area contributed by atoms with Crippen LogP contribution in [0.1, 0.15) is 17.4 Å². The summed E-state index contributed by atoms with van der Waals surface area (Å²) in [6.45, 7) is 2.40. The highest BCUT2D eigenvalue weighted by Gasteiger charge is 2.20. The topological polar surface area (TPSA) is 130 Å². The van der Waals surface area contributed by atoms with Gasteiger partial charge in [-0.2, -0.15) is 0 Å². The van der Waals surface area contributed by atoms with Crippen molar-refractivity contribution in [2.45, 2.75) is 11.8 Å². The molecule has 1 amide bonds. The fourth-order valence-electron chi connectivity index (χ4n) is 3.39. The third-order valence-corrected chi connectivity index (χ3v) is 6.39. The molecule has 4 rings (SSSR count). The molecule has 0 fully saturated rings. The van der Waals surface area contributed by atoms with Gasteiger partial charge in [-0.1, -0.05) is 12.1 Å². The molecule has 0 aliphatic carbocycles. The van der Waals surface area contributed by atoms with Crippen molar-refractivity contribution in [3.8, 4) is 17.2 Å². The Kier molecular flexibility index (Phi) is 6.33. The second-order valence-electron chi connectivity index (χ2n) is 7.30. The minimum absolute atomic E-state index is 0.0541. The molecule has 0 spiro atoms. The summed E-state index contributed by atoms with van der Waals surface area (Å²) >= 11 is 0. The number of para-hydroxylation sites is 2. The molecule has 0 bridgehead atoms. The van der Waals surface area contributed by atoms with E-state index in [-0.39, 0.29) is 27.7 Å². The lowest BCUT2D eigenvalue weighted by atomic mass is 10.2. The number of phenols is 1. The van der Waals surface area contributed by atoms with Crippen molar-refractivity contribution in [1.82, 2.24) is 4.98 Å². The summed E-state index contributed by atoms with van der Waals surface area (Å²) in [5, 5.41) is 13.6. The Labute approximate surface area is 196 Å². The summed E-state index contributed by atoms with van der Waals surface area (Å²) < 4.78 is 38.9. The summed E-state index contributed by atoms with van der Waals surface area (Å²) in [6, 6.07) is 17.2. The number of fused-ring (bicyclic) bond motifs is 1. The van der Waals surface area contributed by atoms with E-state index in [1.807, 2.05) is 13.0 Å². The lowest BCUT2D eigenvalue weighted by molar-refractivity contribution is 0.102. The quantitative estimate of drug-likeness (QED) is 0.277. The number of hydrogen-bond acceptors (Lipinski definition) is 6. The lowest BCUT2D eigenvalue weighted by Crippen LogP contribution is -2.15. The number of phenolic OH excluding ortho intramolecular Hbond substituents is 1. The van der Waals surface area contributed by atoms with Gasteiger partial charge in [-0.15, -0.1) is 0 Å². The van der Waals surface area contributed by atoms with Crippen LogP contribution < -0.4 is 19.5 Å². The number of rotatable bonds is 8. The summed E-state index contributed by atoms with van der Waals surface area (Å²) in [6.07, 6.45) is 0. The first-order valence-electron chi connectivity index (χ1n) is 10.4. The van der Waals surface area contributed by atoms with Crippen LogP contribution in [0.2, 0.25) is 0 Å². The zero-order valence-corrected chi connectivity index (χ0v) is 19.3. The Hall–Kier alpha value is -4.18. The van der Waals surface area contributed by atoms with Crippen LogP contribution in [0.25, 0.3) is 10.9 Å². The first-order chi connectivity index (χ1) is 16.3. The Bertz CT molecular complexity index is 1460. The molecule has 1 aromatic heterocycles. The monoisotopic (exact) mass is 481 g/mol. The fraction of sp³-hybridized carbons (Fsp3) is 0.125. The van der Waals surface area contributed by atoms with E-state index in [0.717, 1.165) is 5.39 Å². The number of methoxy groups -OCH3 is 1. The molecule has 0 unspecified atom stereocenters. The number of H-pyrrole nitrogens is 1. The van der Waals surface area contributed by atoms with Crippen LogP contribution in [-0.2, 0) is 10.0 Å². The van der Waals surface area contributed by atoms with Crippen molar-refractivity contribution in [2.75, 3.05) is 23.8 Å². The van der Waals surface area contributed by atoms with Crippen LogP contribution in [0, 0.1) is 0 Å². The molecule has 3 aromatic carbocycles. The number of benzene rings is 3. The Morgan fingerprint density at radius 3 is 2.59 bits per heavy atom. The molecule has 0 aliphatic rings. The van der Waals surface area contributed by atoms with E-state index in [4.69, 9.17) is 9.47 Å². The number of sulfonamides is 1. The number of amides is 1. The SMILES string of the molecule is CCOc1ccc2cc(C(=O)Nc3cc(S(=O)(=O)Nc4ccccc4OC)ccc3O)[nH]c2c1. The molecule has 1 heterocycles. The molecular weight excluding hydrogens is 458 g/mol. The fourth-order valence-corrected chi connectivity index (χ4v) is 4.49. The summed E-state index contributed by atoms with van der Waals surface area (Å²) in [7, 11) is -2.60. The third kappa shape index (κ3) is 4.76. The molecule has 4 aromatic rings. The smallest absolute Gasteiger partial charge is 0.272 e. The van der Waals surface area contributed by atoms with Gasteiger partial charge in [0.15, 0.2) is 0 Å². The maximum Gasteiger partial charge on any atom is 0.272 e. The van der Waals surface area contributed by atoms with Gasteiger partial charge in [0.25, 0.3) is 15.9 Å². The van der Waals surface area contributed by atoms with E-state index in [1.54, 1.807) is 42.5 Å². The minimum atomic E-state index is -4.03. The van der Waals surface area contributed by atoms with Gasteiger partial charge >= 0.3 is 0 Å². The maximum absolute atomic E-state index is 12.9. The van der Waals surface area contributed by atoms with E-state index in [0.29, 0.717) is 23.6 Å². The van der Waals surface area contributed by atoms with Gasteiger partial charge in [0.05, 0.1) is 30.0 Å². The van der Waals surface area contributed by atoms with Crippen molar-refractivity contribution < 1.29 is 27.8 Å². The minimum Gasteiger partial charge on any atom is -0.506 e. The zero-order valence-electron chi connectivity index (χ0n) is 18.5. The Balaban J connectivity index is 1.58. The summed E-state index contributed by atoms with van der Waals surface area (Å²) in [5.41, 5.74) is 1.15. The molecule has 9 nitrogen and oxygen atoms in total. The average Bonchev–Trinajstić information content (AvgIpc) is 3.24. The standard InChI is InChI=1S/C24H23N3O6S/c1-3-33-16-9-8-15-12-21(25-19(15)13-16)24(29)26-20-14-17(10-11-22(20)28)34(30,31)27-18-6-4-5-7-23(18)32-2/h4-14,25,27-28H,3H2,1-2H3,(H,26,29). The van der Waals surface area contributed by atoms with Crippen LogP contribution in [0.4, 0.5) is 11.4 Å². The molecule has 4 N–H and O–H groups in total. The van der Waals surface area contributed by atoms with Crippen molar-refractivity contribution in [3.63, 3.8) is 0 Å². The molecule has 0 radical (unpaired) electrons. The molecule has 176 valence electrons. The van der Waals surface area contributed by atoms with Crippen molar-refractivity contribution >= 4 is 38.2 Å². The average molecular weight is 482 g/mol. The van der Waals surface area contributed by atoms with Crippen LogP contribution >= 0.6 is 0 Å². The van der Waals surface area contributed by atoms with Gasteiger partial charge in [-0.3, -0.25) is 9.52 Å². The van der Waals surface area contributed by atoms with Crippen molar-refractivity contribution in [1.29, 1.82) is 0 Å². The zero-order chi connectivity index (χ0) is 24.3. The Morgan fingerprint density at radius 2 is 1.82 bits per heavy atom. The predicted molar refractivity (Wildman–Crippen MR) is 129 cm³/mol. The number of aromatic amines is 1. The molecule has 0 atom stereocenters. The highest BCUT2D eigenvalue weighted by molar-refractivity contribution is 7.92. The second kappa shape index (κ2) is 9.36. The molecule has 34 heavy (non-hydrogen) atoms. The number of aromatic nitrogens is 1. The van der Waals surface area contributed by atoms with Crippen LogP contribution in [0.3, 0.4) is 0 Å². The van der Waals surface area contributed by atoms with Crippen molar-refractivity contribution in [3.05, 3.63) is 72.4 Å². The number of nitrogens with one attached hydrogen (secondary N) is 3. The van der Waals surface area contributed by atoms with E-state index in [1.165, 1.54) is 25.3 Å². The molecule has 0 saturated heterocycles. The number of anilines is 2. The van der Waals surface area contributed by atoms with Gasteiger partial charge in [0, 0.05) is 17.0 Å². The van der Waals surface area contributed by atoms with Crippen LogP contribution in [0.15, 0.2) is 71.6 Å². The summed E-state index contributed by atoms with van der Waals surface area (Å²) in [4.78, 5) is 15.7. The van der Waals surface area contributed by atoms with Gasteiger partial charge in [0.1, 0.15) is 22.9 Å². The largest absolute Gasteiger partial charge is 0.506 e. The van der Waals surface area contributed by atoms with E-state index in [9.17, 15) is 18.3 Å². The number of hydrogen-bond donors (Lipinski definition) is 4. The highest BCUT2D eigenvalue weighted by Crippen LogP contribution is 2.30. The van der Waals surface area contributed by atoms with E-state index < -0.39 is 15.9 Å². The molecule has 0 aliphatic heterocycles. The van der Waals surface area contributed by atoms with E-state index >= 15 is 0 Å². The molecular formula is C24H23N3O6S.